The molecule has 2 heterocycles. The Morgan fingerprint density at radius 3 is 2.89 bits per heavy atom. The van der Waals surface area contributed by atoms with Crippen LogP contribution in [0.1, 0.15) is 31.6 Å². The average molecular weight is 411 g/mol. The third-order valence-corrected chi connectivity index (χ3v) is 4.81. The summed E-state index contributed by atoms with van der Waals surface area (Å²) in [4.78, 5) is 17.1. The number of anilines is 1. The summed E-state index contributed by atoms with van der Waals surface area (Å²) in [5.74, 6) is 0.291. The predicted molar refractivity (Wildman–Crippen MR) is 104 cm³/mol. The van der Waals surface area contributed by atoms with E-state index in [-0.39, 0.29) is 12.5 Å². The molecule has 2 aromatic rings. The number of rotatable bonds is 7. The largest absolute Gasteiger partial charge is 0.489 e. The van der Waals surface area contributed by atoms with Crippen LogP contribution in [0.15, 0.2) is 30.5 Å². The van der Waals surface area contributed by atoms with E-state index in [0.29, 0.717) is 47.7 Å². The second-order valence-corrected chi connectivity index (χ2v) is 6.99. The SMILES string of the molecule is CCC(Oc1cc2c(cc1Cl)N(CCC(=O)O)CCO2)c1ccc(Cl)cn1. The number of benzene rings is 1. The quantitative estimate of drug-likeness (QED) is 0.719. The van der Waals surface area contributed by atoms with Gasteiger partial charge in [-0.3, -0.25) is 9.78 Å². The van der Waals surface area contributed by atoms with E-state index < -0.39 is 5.97 Å². The van der Waals surface area contributed by atoms with Crippen LogP contribution in [0.4, 0.5) is 5.69 Å². The minimum Gasteiger partial charge on any atom is -0.489 e. The zero-order valence-corrected chi connectivity index (χ0v) is 16.3. The van der Waals surface area contributed by atoms with E-state index in [4.69, 9.17) is 37.8 Å². The van der Waals surface area contributed by atoms with Crippen molar-refractivity contribution in [3.63, 3.8) is 0 Å². The minimum absolute atomic E-state index is 0.0510. The number of pyridine rings is 1. The summed E-state index contributed by atoms with van der Waals surface area (Å²) in [6.07, 6.45) is 2.06. The number of ether oxygens (including phenoxy) is 2. The van der Waals surface area contributed by atoms with Crippen LogP contribution in [0.2, 0.25) is 10.0 Å². The molecule has 1 N–H and O–H groups in total. The van der Waals surface area contributed by atoms with Gasteiger partial charge in [-0.05, 0) is 24.6 Å². The van der Waals surface area contributed by atoms with Crippen LogP contribution in [0.3, 0.4) is 0 Å². The third-order valence-electron chi connectivity index (χ3n) is 4.29. The van der Waals surface area contributed by atoms with E-state index in [9.17, 15) is 4.79 Å². The van der Waals surface area contributed by atoms with E-state index in [1.54, 1.807) is 24.4 Å². The smallest absolute Gasteiger partial charge is 0.305 e. The Balaban J connectivity index is 1.82. The summed E-state index contributed by atoms with van der Waals surface area (Å²) in [5.41, 5.74) is 1.54. The van der Waals surface area contributed by atoms with Gasteiger partial charge < -0.3 is 19.5 Å². The molecular formula is C19H20Cl2N2O4. The molecule has 8 heteroatoms. The van der Waals surface area contributed by atoms with Gasteiger partial charge in [0.15, 0.2) is 0 Å². The predicted octanol–water partition coefficient (Wildman–Crippen LogP) is 4.59. The van der Waals surface area contributed by atoms with Crippen molar-refractivity contribution in [2.75, 3.05) is 24.6 Å². The molecule has 144 valence electrons. The van der Waals surface area contributed by atoms with E-state index in [1.807, 2.05) is 17.9 Å². The Bertz CT molecular complexity index is 814. The number of hydrogen-bond acceptors (Lipinski definition) is 5. The van der Waals surface area contributed by atoms with Crippen molar-refractivity contribution in [3.8, 4) is 11.5 Å². The maximum atomic E-state index is 10.9. The van der Waals surface area contributed by atoms with E-state index in [2.05, 4.69) is 4.98 Å². The Morgan fingerprint density at radius 1 is 1.41 bits per heavy atom. The molecule has 3 rings (SSSR count). The van der Waals surface area contributed by atoms with Gasteiger partial charge in [-0.25, -0.2) is 0 Å². The van der Waals surface area contributed by atoms with Gasteiger partial charge in [-0.2, -0.15) is 0 Å². The molecule has 0 aliphatic carbocycles. The molecule has 1 aromatic heterocycles. The zero-order chi connectivity index (χ0) is 19.4. The van der Waals surface area contributed by atoms with Gasteiger partial charge in [0.25, 0.3) is 0 Å². The number of carbonyl (C=O) groups is 1. The second-order valence-electron chi connectivity index (χ2n) is 6.15. The molecule has 1 aliphatic rings. The topological polar surface area (TPSA) is 71.9 Å². The Kier molecular flexibility index (Phi) is 6.29. The summed E-state index contributed by atoms with van der Waals surface area (Å²) in [6.45, 7) is 3.48. The van der Waals surface area contributed by atoms with Gasteiger partial charge >= 0.3 is 5.97 Å². The van der Waals surface area contributed by atoms with Crippen molar-refractivity contribution in [3.05, 3.63) is 46.2 Å². The van der Waals surface area contributed by atoms with Crippen LogP contribution in [0.5, 0.6) is 11.5 Å². The standard InChI is InChI=1S/C19H20Cl2N2O4/c1-2-16(14-4-3-12(20)11-22-14)27-17-10-18-15(9-13(17)21)23(7-8-26-18)6-5-19(24)25/h3-4,9-11,16H,2,5-8H2,1H3,(H,24,25). The summed E-state index contributed by atoms with van der Waals surface area (Å²) in [6, 6.07) is 7.11. The number of fused-ring (bicyclic) bond motifs is 1. The Morgan fingerprint density at radius 2 is 2.22 bits per heavy atom. The van der Waals surface area contributed by atoms with Crippen molar-refractivity contribution in [2.24, 2.45) is 0 Å². The third kappa shape index (κ3) is 4.76. The van der Waals surface area contributed by atoms with Gasteiger partial charge in [0.2, 0.25) is 0 Å². The lowest BCUT2D eigenvalue weighted by Crippen LogP contribution is -2.34. The number of halogens is 2. The highest BCUT2D eigenvalue weighted by Crippen LogP contribution is 2.41. The molecule has 0 amide bonds. The highest BCUT2D eigenvalue weighted by Gasteiger charge is 2.23. The molecule has 0 saturated carbocycles. The Hall–Kier alpha value is -2.18. The summed E-state index contributed by atoms with van der Waals surface area (Å²) >= 11 is 12.3. The molecule has 0 spiro atoms. The van der Waals surface area contributed by atoms with Crippen molar-refractivity contribution in [1.29, 1.82) is 0 Å². The molecule has 1 unspecified atom stereocenters. The normalized spacial score (nSPS) is 14.3. The molecule has 0 bridgehead atoms. The molecule has 0 fully saturated rings. The van der Waals surface area contributed by atoms with Gasteiger partial charge in [-0.15, -0.1) is 0 Å². The van der Waals surface area contributed by atoms with Gasteiger partial charge in [0.1, 0.15) is 24.2 Å². The van der Waals surface area contributed by atoms with Crippen LogP contribution in [0.25, 0.3) is 0 Å². The summed E-state index contributed by atoms with van der Waals surface area (Å²) in [5, 5.41) is 9.93. The molecule has 0 saturated heterocycles. The first-order valence-electron chi connectivity index (χ1n) is 8.69. The first-order chi connectivity index (χ1) is 13.0. The number of aromatic nitrogens is 1. The van der Waals surface area contributed by atoms with Crippen LogP contribution in [-0.2, 0) is 4.79 Å². The first-order valence-corrected chi connectivity index (χ1v) is 9.44. The van der Waals surface area contributed by atoms with Crippen LogP contribution in [-0.4, -0.2) is 35.8 Å². The molecule has 6 nitrogen and oxygen atoms in total. The minimum atomic E-state index is -0.838. The maximum absolute atomic E-state index is 10.9. The number of aliphatic carboxylic acids is 1. The number of carboxylic acids is 1. The molecule has 1 atom stereocenters. The van der Waals surface area contributed by atoms with Crippen LogP contribution in [0, 0.1) is 0 Å². The lowest BCUT2D eigenvalue weighted by atomic mass is 10.1. The van der Waals surface area contributed by atoms with Crippen molar-refractivity contribution < 1.29 is 19.4 Å². The summed E-state index contributed by atoms with van der Waals surface area (Å²) in [7, 11) is 0. The fourth-order valence-electron chi connectivity index (χ4n) is 2.91. The average Bonchev–Trinajstić information content (AvgIpc) is 2.65. The van der Waals surface area contributed by atoms with Gasteiger partial charge in [-0.1, -0.05) is 30.1 Å². The highest BCUT2D eigenvalue weighted by atomic mass is 35.5. The fraction of sp³-hybridized carbons (Fsp3) is 0.368. The Labute approximate surface area is 167 Å². The summed E-state index contributed by atoms with van der Waals surface area (Å²) < 4.78 is 11.8. The first kappa shape index (κ1) is 19.6. The van der Waals surface area contributed by atoms with Crippen molar-refractivity contribution in [1.82, 2.24) is 4.98 Å². The maximum Gasteiger partial charge on any atom is 0.305 e. The lowest BCUT2D eigenvalue weighted by molar-refractivity contribution is -0.136. The monoisotopic (exact) mass is 410 g/mol. The van der Waals surface area contributed by atoms with Crippen LogP contribution < -0.4 is 14.4 Å². The second kappa shape index (κ2) is 8.67. The molecule has 1 aromatic carbocycles. The fourth-order valence-corrected chi connectivity index (χ4v) is 3.22. The zero-order valence-electron chi connectivity index (χ0n) is 14.8. The van der Waals surface area contributed by atoms with E-state index in [0.717, 1.165) is 11.4 Å². The van der Waals surface area contributed by atoms with E-state index >= 15 is 0 Å². The lowest BCUT2D eigenvalue weighted by Gasteiger charge is -2.31. The van der Waals surface area contributed by atoms with E-state index in [1.165, 1.54) is 0 Å². The molecule has 0 radical (unpaired) electrons. The van der Waals surface area contributed by atoms with Crippen LogP contribution >= 0.6 is 23.2 Å². The van der Waals surface area contributed by atoms with Crippen molar-refractivity contribution >= 4 is 34.9 Å². The van der Waals surface area contributed by atoms with Crippen molar-refractivity contribution in [2.45, 2.75) is 25.9 Å². The molecule has 1 aliphatic heterocycles. The van der Waals surface area contributed by atoms with Gasteiger partial charge in [0.05, 0.1) is 34.4 Å². The number of hydrogen-bond donors (Lipinski definition) is 1. The number of carboxylic acid groups (broad SMARTS) is 1. The van der Waals surface area contributed by atoms with Gasteiger partial charge in [0, 0.05) is 18.8 Å². The highest BCUT2D eigenvalue weighted by molar-refractivity contribution is 6.32. The molecule has 27 heavy (non-hydrogen) atoms. The number of nitrogens with zero attached hydrogens (tertiary/aromatic N) is 2. The molecular weight excluding hydrogens is 391 g/mol.